The van der Waals surface area contributed by atoms with Gasteiger partial charge in [-0.2, -0.15) is 0 Å². The molecule has 7 heteroatoms. The van der Waals surface area contributed by atoms with E-state index in [-0.39, 0.29) is 29.6 Å². The number of carbonyl (C=O) groups excluding carboxylic acids is 3. The molecule has 1 aromatic carbocycles. The SMILES string of the molecule is CCC[C@@H](Br)C(=O)NCCC(=O)Nc1cccc(C(=O)OCC)c1. The summed E-state index contributed by atoms with van der Waals surface area (Å²) in [6, 6.07) is 6.54. The number of nitrogens with one attached hydrogen (secondary N) is 2. The summed E-state index contributed by atoms with van der Waals surface area (Å²) in [5.74, 6) is -0.785. The monoisotopic (exact) mass is 398 g/mol. The number of esters is 1. The molecule has 1 aromatic rings. The lowest BCUT2D eigenvalue weighted by Crippen LogP contribution is -2.33. The van der Waals surface area contributed by atoms with Crippen molar-refractivity contribution < 1.29 is 19.1 Å². The van der Waals surface area contributed by atoms with Gasteiger partial charge < -0.3 is 15.4 Å². The van der Waals surface area contributed by atoms with Gasteiger partial charge in [-0.15, -0.1) is 0 Å². The smallest absolute Gasteiger partial charge is 0.338 e. The largest absolute Gasteiger partial charge is 0.462 e. The van der Waals surface area contributed by atoms with E-state index in [1.54, 1.807) is 31.2 Å². The highest BCUT2D eigenvalue weighted by atomic mass is 79.9. The lowest BCUT2D eigenvalue weighted by molar-refractivity contribution is -0.120. The first-order valence-corrected chi connectivity index (χ1v) is 8.88. The second-order valence-corrected chi connectivity index (χ2v) is 6.25. The molecule has 0 fully saturated rings. The first-order valence-electron chi connectivity index (χ1n) is 7.96. The molecule has 0 aliphatic rings. The van der Waals surface area contributed by atoms with E-state index in [4.69, 9.17) is 4.74 Å². The maximum absolute atomic E-state index is 11.9. The molecule has 0 aromatic heterocycles. The van der Waals surface area contributed by atoms with E-state index in [1.165, 1.54) is 0 Å². The number of rotatable bonds is 9. The predicted octanol–water partition coefficient (Wildman–Crippen LogP) is 2.87. The zero-order valence-electron chi connectivity index (χ0n) is 13.9. The van der Waals surface area contributed by atoms with Crippen LogP contribution >= 0.6 is 15.9 Å². The van der Waals surface area contributed by atoms with Crippen molar-refractivity contribution in [1.82, 2.24) is 5.32 Å². The van der Waals surface area contributed by atoms with Gasteiger partial charge in [0.1, 0.15) is 0 Å². The maximum Gasteiger partial charge on any atom is 0.338 e. The maximum atomic E-state index is 11.9. The van der Waals surface area contributed by atoms with Gasteiger partial charge in [0, 0.05) is 18.7 Å². The van der Waals surface area contributed by atoms with E-state index >= 15 is 0 Å². The molecule has 24 heavy (non-hydrogen) atoms. The molecule has 0 radical (unpaired) electrons. The number of alkyl halides is 1. The molecule has 1 rings (SSSR count). The molecule has 0 saturated carbocycles. The Balaban J connectivity index is 2.44. The lowest BCUT2D eigenvalue weighted by Gasteiger charge is -2.10. The zero-order chi connectivity index (χ0) is 17.9. The number of anilines is 1. The highest BCUT2D eigenvalue weighted by Gasteiger charge is 2.13. The van der Waals surface area contributed by atoms with Gasteiger partial charge in [-0.1, -0.05) is 35.3 Å². The van der Waals surface area contributed by atoms with Crippen molar-refractivity contribution in [3.8, 4) is 0 Å². The van der Waals surface area contributed by atoms with Crippen LogP contribution < -0.4 is 10.6 Å². The van der Waals surface area contributed by atoms with E-state index < -0.39 is 5.97 Å². The minimum atomic E-state index is -0.430. The van der Waals surface area contributed by atoms with Crippen LogP contribution in [0, 0.1) is 0 Å². The minimum Gasteiger partial charge on any atom is -0.462 e. The number of halogens is 1. The third-order valence-electron chi connectivity index (χ3n) is 3.14. The Kier molecular flexibility index (Phi) is 9.07. The van der Waals surface area contributed by atoms with Crippen molar-refractivity contribution in [3.05, 3.63) is 29.8 Å². The third kappa shape index (κ3) is 7.12. The fourth-order valence-corrected chi connectivity index (χ4v) is 2.58. The Hall–Kier alpha value is -1.89. The van der Waals surface area contributed by atoms with Gasteiger partial charge in [-0.3, -0.25) is 9.59 Å². The fraction of sp³-hybridized carbons (Fsp3) is 0.471. The molecule has 0 unspecified atom stereocenters. The first-order chi connectivity index (χ1) is 11.5. The average Bonchev–Trinajstić information content (AvgIpc) is 2.55. The van der Waals surface area contributed by atoms with Crippen LogP contribution in [0.1, 0.15) is 43.5 Å². The van der Waals surface area contributed by atoms with E-state index in [9.17, 15) is 14.4 Å². The molecular weight excluding hydrogens is 376 g/mol. The first kappa shape index (κ1) is 20.2. The molecular formula is C17H23BrN2O4. The number of benzene rings is 1. The number of amides is 2. The summed E-state index contributed by atoms with van der Waals surface area (Å²) in [6.45, 7) is 4.28. The summed E-state index contributed by atoms with van der Waals surface area (Å²) in [6.07, 6.45) is 1.81. The molecule has 1 atom stereocenters. The van der Waals surface area contributed by atoms with Crippen molar-refractivity contribution in [2.24, 2.45) is 0 Å². The standard InChI is InChI=1S/C17H23BrN2O4/c1-3-6-14(18)16(22)19-10-9-15(21)20-13-8-5-7-12(11-13)17(23)24-4-2/h5,7-8,11,14H,3-4,6,9-10H2,1-2H3,(H,19,22)(H,20,21)/t14-/m1/s1. The summed E-state index contributed by atoms with van der Waals surface area (Å²) in [4.78, 5) is 35.0. The second kappa shape index (κ2) is 10.8. The number of hydrogen-bond acceptors (Lipinski definition) is 4. The van der Waals surface area contributed by atoms with Crippen LogP contribution in [0.15, 0.2) is 24.3 Å². The quantitative estimate of drug-likeness (QED) is 0.494. The van der Waals surface area contributed by atoms with Gasteiger partial charge in [-0.05, 0) is 31.5 Å². The van der Waals surface area contributed by atoms with Crippen molar-refractivity contribution in [2.75, 3.05) is 18.5 Å². The van der Waals surface area contributed by atoms with E-state index in [0.717, 1.165) is 12.8 Å². The highest BCUT2D eigenvalue weighted by Crippen LogP contribution is 2.12. The Morgan fingerprint density at radius 3 is 2.67 bits per heavy atom. The summed E-state index contributed by atoms with van der Waals surface area (Å²) in [7, 11) is 0. The van der Waals surface area contributed by atoms with Crippen LogP contribution in [0.4, 0.5) is 5.69 Å². The van der Waals surface area contributed by atoms with Crippen LogP contribution in [0.5, 0.6) is 0 Å². The van der Waals surface area contributed by atoms with Gasteiger partial charge in [0.15, 0.2) is 0 Å². The molecule has 0 aliphatic heterocycles. The molecule has 0 saturated heterocycles. The lowest BCUT2D eigenvalue weighted by atomic mass is 10.2. The van der Waals surface area contributed by atoms with Crippen molar-refractivity contribution in [2.45, 2.75) is 37.9 Å². The molecule has 0 heterocycles. The second-order valence-electron chi connectivity index (χ2n) is 5.15. The van der Waals surface area contributed by atoms with Crippen LogP contribution in [-0.4, -0.2) is 35.8 Å². The zero-order valence-corrected chi connectivity index (χ0v) is 15.5. The van der Waals surface area contributed by atoms with Gasteiger partial charge in [0.2, 0.25) is 11.8 Å². The molecule has 0 spiro atoms. The van der Waals surface area contributed by atoms with Gasteiger partial charge in [0.05, 0.1) is 17.0 Å². The summed E-state index contributed by atoms with van der Waals surface area (Å²) < 4.78 is 4.92. The minimum absolute atomic E-state index is 0.117. The van der Waals surface area contributed by atoms with Gasteiger partial charge >= 0.3 is 5.97 Å². The van der Waals surface area contributed by atoms with Crippen molar-refractivity contribution in [3.63, 3.8) is 0 Å². The Labute approximate surface area is 150 Å². The number of ether oxygens (including phenoxy) is 1. The van der Waals surface area contributed by atoms with Gasteiger partial charge in [-0.25, -0.2) is 4.79 Å². The molecule has 2 amide bonds. The summed E-state index contributed by atoms with van der Waals surface area (Å²) >= 11 is 3.30. The van der Waals surface area contributed by atoms with Crippen molar-refractivity contribution >= 4 is 39.4 Å². The summed E-state index contributed by atoms with van der Waals surface area (Å²) in [5, 5.41) is 5.41. The van der Waals surface area contributed by atoms with E-state index in [1.807, 2.05) is 6.92 Å². The van der Waals surface area contributed by atoms with E-state index in [0.29, 0.717) is 17.9 Å². The van der Waals surface area contributed by atoms with Crippen LogP contribution in [-0.2, 0) is 14.3 Å². The Morgan fingerprint density at radius 2 is 2.00 bits per heavy atom. The Morgan fingerprint density at radius 1 is 1.25 bits per heavy atom. The molecule has 6 nitrogen and oxygen atoms in total. The average molecular weight is 399 g/mol. The number of hydrogen-bond donors (Lipinski definition) is 2. The molecule has 132 valence electrons. The summed E-state index contributed by atoms with van der Waals surface area (Å²) in [5.41, 5.74) is 0.894. The normalized spacial score (nSPS) is 11.5. The van der Waals surface area contributed by atoms with Crippen LogP contribution in [0.3, 0.4) is 0 Å². The Bertz CT molecular complexity index is 577. The van der Waals surface area contributed by atoms with Crippen molar-refractivity contribution in [1.29, 1.82) is 0 Å². The van der Waals surface area contributed by atoms with E-state index in [2.05, 4.69) is 26.6 Å². The van der Waals surface area contributed by atoms with Gasteiger partial charge in [0.25, 0.3) is 0 Å². The third-order valence-corrected chi connectivity index (χ3v) is 4.01. The highest BCUT2D eigenvalue weighted by molar-refractivity contribution is 9.10. The molecule has 2 N–H and O–H groups in total. The number of carbonyl (C=O) groups is 3. The fourth-order valence-electron chi connectivity index (χ4n) is 1.96. The van der Waals surface area contributed by atoms with Crippen LogP contribution in [0.25, 0.3) is 0 Å². The molecule has 0 bridgehead atoms. The van der Waals surface area contributed by atoms with Crippen LogP contribution in [0.2, 0.25) is 0 Å². The predicted molar refractivity (Wildman–Crippen MR) is 96.3 cm³/mol. The molecule has 0 aliphatic carbocycles. The topological polar surface area (TPSA) is 84.5 Å².